The van der Waals surface area contributed by atoms with Gasteiger partial charge in [0.1, 0.15) is 0 Å². The van der Waals surface area contributed by atoms with Crippen molar-refractivity contribution >= 4 is 11.6 Å². The van der Waals surface area contributed by atoms with Crippen LogP contribution in [0.25, 0.3) is 0 Å². The molecule has 1 aromatic heterocycles. The topological polar surface area (TPSA) is 38.0 Å². The van der Waals surface area contributed by atoms with Gasteiger partial charge in [0.15, 0.2) is 0 Å². The molecule has 1 aromatic rings. The molecule has 3 nitrogen and oxygen atoms in total. The highest BCUT2D eigenvalue weighted by atomic mass is 35.5. The summed E-state index contributed by atoms with van der Waals surface area (Å²) in [4.78, 5) is 0. The van der Waals surface area contributed by atoms with Gasteiger partial charge in [-0.15, -0.1) is 0 Å². The Morgan fingerprint density at radius 2 is 2.07 bits per heavy atom. The van der Waals surface area contributed by atoms with Crippen molar-refractivity contribution in [2.45, 2.75) is 40.2 Å². The van der Waals surface area contributed by atoms with Crippen molar-refractivity contribution < 1.29 is 5.11 Å². The van der Waals surface area contributed by atoms with E-state index in [2.05, 4.69) is 18.9 Å². The number of halogens is 1. The summed E-state index contributed by atoms with van der Waals surface area (Å²) in [5.74, 6) is 0.339. The normalized spacial score (nSPS) is 9.93. The molecule has 1 N–H and O–H groups in total. The van der Waals surface area contributed by atoms with Crippen LogP contribution in [-0.4, -0.2) is 21.5 Å². The largest absolute Gasteiger partial charge is 0.394 e. The Labute approximate surface area is 90.7 Å². The van der Waals surface area contributed by atoms with Gasteiger partial charge in [-0.05, 0) is 5.92 Å². The van der Waals surface area contributed by atoms with Gasteiger partial charge in [0.25, 0.3) is 0 Å². The van der Waals surface area contributed by atoms with Crippen molar-refractivity contribution in [1.82, 2.24) is 9.78 Å². The zero-order chi connectivity index (χ0) is 11.1. The van der Waals surface area contributed by atoms with Crippen molar-refractivity contribution in [2.24, 2.45) is 0 Å². The summed E-state index contributed by atoms with van der Waals surface area (Å²) < 4.78 is 1.74. The third-order valence-electron chi connectivity index (χ3n) is 1.69. The van der Waals surface area contributed by atoms with E-state index in [0.29, 0.717) is 17.5 Å². The van der Waals surface area contributed by atoms with Crippen molar-refractivity contribution in [3.8, 4) is 0 Å². The van der Waals surface area contributed by atoms with Gasteiger partial charge in [0.05, 0.1) is 30.1 Å². The number of nitrogens with zero attached hydrogens (tertiary/aromatic N) is 2. The second kappa shape index (κ2) is 6.85. The van der Waals surface area contributed by atoms with E-state index >= 15 is 0 Å². The Bertz CT molecular complexity index is 259. The second-order valence-electron chi connectivity index (χ2n) is 2.98. The Hall–Kier alpha value is -0.540. The van der Waals surface area contributed by atoms with Crippen molar-refractivity contribution in [1.29, 1.82) is 0 Å². The first-order valence-corrected chi connectivity index (χ1v) is 5.36. The molecule has 0 aliphatic heterocycles. The summed E-state index contributed by atoms with van der Waals surface area (Å²) in [5.41, 5.74) is 0.991. The van der Waals surface area contributed by atoms with E-state index in [0.717, 1.165) is 5.69 Å². The number of hydrogen-bond donors (Lipinski definition) is 1. The molecule has 0 aliphatic carbocycles. The average molecular weight is 219 g/mol. The van der Waals surface area contributed by atoms with Crippen LogP contribution >= 0.6 is 11.6 Å². The first-order valence-electron chi connectivity index (χ1n) is 4.99. The van der Waals surface area contributed by atoms with Crippen LogP contribution in [0.15, 0.2) is 6.20 Å². The number of aromatic nitrogens is 2. The quantitative estimate of drug-likeness (QED) is 0.847. The van der Waals surface area contributed by atoms with Gasteiger partial charge in [0.2, 0.25) is 0 Å². The summed E-state index contributed by atoms with van der Waals surface area (Å²) in [7, 11) is 0. The lowest BCUT2D eigenvalue weighted by Gasteiger charge is -2.08. The average Bonchev–Trinajstić information content (AvgIpc) is 2.51. The van der Waals surface area contributed by atoms with Crippen LogP contribution in [0, 0.1) is 0 Å². The zero-order valence-corrected chi connectivity index (χ0v) is 10.0. The summed E-state index contributed by atoms with van der Waals surface area (Å²) in [6.45, 7) is 8.71. The Morgan fingerprint density at radius 1 is 1.50 bits per heavy atom. The highest BCUT2D eigenvalue weighted by Gasteiger charge is 2.11. The van der Waals surface area contributed by atoms with Crippen LogP contribution in [-0.2, 0) is 6.54 Å². The van der Waals surface area contributed by atoms with E-state index in [9.17, 15) is 0 Å². The van der Waals surface area contributed by atoms with Crippen LogP contribution in [0.2, 0.25) is 5.02 Å². The van der Waals surface area contributed by atoms with E-state index in [1.165, 1.54) is 0 Å². The van der Waals surface area contributed by atoms with Crippen LogP contribution < -0.4 is 0 Å². The Morgan fingerprint density at radius 3 is 2.50 bits per heavy atom. The Kier molecular flexibility index (Phi) is 6.58. The molecule has 1 heterocycles. The van der Waals surface area contributed by atoms with Crippen LogP contribution in [0.5, 0.6) is 0 Å². The van der Waals surface area contributed by atoms with E-state index in [-0.39, 0.29) is 6.61 Å². The first-order chi connectivity index (χ1) is 6.66. The maximum absolute atomic E-state index is 8.73. The van der Waals surface area contributed by atoms with Crippen molar-refractivity contribution in [3.63, 3.8) is 0 Å². The number of rotatable bonds is 3. The molecular weight excluding hydrogens is 200 g/mol. The lowest BCUT2D eigenvalue weighted by Crippen LogP contribution is -2.09. The maximum atomic E-state index is 8.73. The number of hydrogen-bond acceptors (Lipinski definition) is 2. The molecular formula is C10H19ClN2O. The molecule has 0 bridgehead atoms. The minimum atomic E-state index is 0.0950. The van der Waals surface area contributed by atoms with Crippen LogP contribution in [0.3, 0.4) is 0 Å². The zero-order valence-electron chi connectivity index (χ0n) is 9.29. The molecule has 0 spiro atoms. The summed E-state index contributed by atoms with van der Waals surface area (Å²) >= 11 is 5.91. The summed E-state index contributed by atoms with van der Waals surface area (Å²) in [6, 6.07) is 0. The van der Waals surface area contributed by atoms with Gasteiger partial charge in [-0.2, -0.15) is 5.10 Å². The molecule has 82 valence electrons. The predicted octanol–water partition coefficient (Wildman–Crippen LogP) is 2.68. The van der Waals surface area contributed by atoms with Gasteiger partial charge in [-0.3, -0.25) is 4.68 Å². The fourth-order valence-corrected chi connectivity index (χ4v) is 1.58. The molecule has 0 aliphatic rings. The van der Waals surface area contributed by atoms with E-state index in [1.54, 1.807) is 10.9 Å². The molecule has 14 heavy (non-hydrogen) atoms. The third-order valence-corrected chi connectivity index (χ3v) is 1.98. The Balaban J connectivity index is 0.000000791. The van der Waals surface area contributed by atoms with E-state index < -0.39 is 0 Å². The standard InChI is InChI=1S/C8H13ClN2O.C2H6/c1-6(2)8-7(9)5-10-11(8)3-4-12;1-2/h5-6,12H,3-4H2,1-2H3;1-2H3. The van der Waals surface area contributed by atoms with Gasteiger partial charge in [-0.1, -0.05) is 39.3 Å². The molecule has 0 atom stereocenters. The molecule has 0 fully saturated rings. The first kappa shape index (κ1) is 13.5. The fraction of sp³-hybridized carbons (Fsp3) is 0.700. The molecule has 0 radical (unpaired) electrons. The maximum Gasteiger partial charge on any atom is 0.0820 e. The van der Waals surface area contributed by atoms with Crippen LogP contribution in [0.1, 0.15) is 39.3 Å². The number of aliphatic hydroxyl groups is 1. The lowest BCUT2D eigenvalue weighted by atomic mass is 10.1. The van der Waals surface area contributed by atoms with Gasteiger partial charge in [-0.25, -0.2) is 0 Å². The number of aliphatic hydroxyl groups excluding tert-OH is 1. The van der Waals surface area contributed by atoms with Gasteiger partial charge < -0.3 is 5.11 Å². The smallest absolute Gasteiger partial charge is 0.0820 e. The molecule has 0 saturated heterocycles. The molecule has 1 rings (SSSR count). The third kappa shape index (κ3) is 3.31. The molecule has 4 heteroatoms. The highest BCUT2D eigenvalue weighted by molar-refractivity contribution is 6.31. The minimum absolute atomic E-state index is 0.0950. The molecule has 0 amide bonds. The predicted molar refractivity (Wildman–Crippen MR) is 59.8 cm³/mol. The molecule has 0 saturated carbocycles. The molecule has 0 aromatic carbocycles. The van der Waals surface area contributed by atoms with Crippen LogP contribution in [0.4, 0.5) is 0 Å². The van der Waals surface area contributed by atoms with Gasteiger partial charge in [0, 0.05) is 0 Å². The van der Waals surface area contributed by atoms with E-state index in [4.69, 9.17) is 16.7 Å². The molecule has 0 unspecified atom stereocenters. The lowest BCUT2D eigenvalue weighted by molar-refractivity contribution is 0.266. The fourth-order valence-electron chi connectivity index (χ4n) is 1.22. The van der Waals surface area contributed by atoms with Crippen molar-refractivity contribution in [3.05, 3.63) is 16.9 Å². The highest BCUT2D eigenvalue weighted by Crippen LogP contribution is 2.23. The van der Waals surface area contributed by atoms with E-state index in [1.807, 2.05) is 13.8 Å². The van der Waals surface area contributed by atoms with Gasteiger partial charge >= 0.3 is 0 Å². The minimum Gasteiger partial charge on any atom is -0.394 e. The summed E-state index contributed by atoms with van der Waals surface area (Å²) in [6.07, 6.45) is 1.62. The monoisotopic (exact) mass is 218 g/mol. The summed E-state index contributed by atoms with van der Waals surface area (Å²) in [5, 5.41) is 13.5. The SMILES string of the molecule is CC.CC(C)c1c(Cl)cnn1CCO. The van der Waals surface area contributed by atoms with Crippen molar-refractivity contribution in [2.75, 3.05) is 6.61 Å². The second-order valence-corrected chi connectivity index (χ2v) is 3.39.